The van der Waals surface area contributed by atoms with Crippen LogP contribution in [-0.4, -0.2) is 23.0 Å². The van der Waals surface area contributed by atoms with Crippen molar-refractivity contribution in [3.63, 3.8) is 0 Å². The highest BCUT2D eigenvalue weighted by atomic mass is 16.6. The predicted octanol–water partition coefficient (Wildman–Crippen LogP) is 2.13. The molecule has 128 valence electrons. The largest absolute Gasteiger partial charge is 0.500 e. The third-order valence-electron chi connectivity index (χ3n) is 3.17. The molecule has 0 atom stereocenters. The maximum absolute atomic E-state index is 12.1. The monoisotopic (exact) mass is 343 g/mol. The molecule has 0 unspecified atom stereocenters. The van der Waals surface area contributed by atoms with Gasteiger partial charge in [-0.2, -0.15) is 5.26 Å². The third kappa shape index (κ3) is 4.14. The Balaban J connectivity index is 2.29. The molecule has 0 bridgehead atoms. The van der Waals surface area contributed by atoms with E-state index in [-0.39, 0.29) is 23.4 Å². The van der Waals surface area contributed by atoms with Gasteiger partial charge in [-0.05, 0) is 29.8 Å². The molecular formula is C16H13N3O6. The number of phenolic OH excluding ortho intramolecular Hbond substituents is 1. The van der Waals surface area contributed by atoms with E-state index in [9.17, 15) is 20.0 Å². The molecule has 0 aliphatic rings. The summed E-state index contributed by atoms with van der Waals surface area (Å²) in [5.74, 6) is -0.944. The molecule has 9 nitrogen and oxygen atoms in total. The van der Waals surface area contributed by atoms with Crippen molar-refractivity contribution < 1.29 is 24.0 Å². The van der Waals surface area contributed by atoms with Crippen LogP contribution in [0, 0.1) is 21.4 Å². The van der Waals surface area contributed by atoms with Gasteiger partial charge in [0.2, 0.25) is 5.75 Å². The number of nitro groups is 1. The van der Waals surface area contributed by atoms with Crippen LogP contribution in [0.5, 0.6) is 11.5 Å². The van der Waals surface area contributed by atoms with Crippen molar-refractivity contribution in [3.8, 4) is 17.6 Å². The number of nitrogens with zero attached hydrogens (tertiary/aromatic N) is 2. The van der Waals surface area contributed by atoms with Gasteiger partial charge in [-0.25, -0.2) is 0 Å². The molecule has 0 spiro atoms. The number of phenols is 1. The number of methoxy groups -OCH3 is 1. The highest BCUT2D eigenvalue weighted by Crippen LogP contribution is 2.37. The van der Waals surface area contributed by atoms with Gasteiger partial charge < -0.3 is 19.6 Å². The number of aromatic hydroxyl groups is 1. The Morgan fingerprint density at radius 3 is 2.88 bits per heavy atom. The summed E-state index contributed by atoms with van der Waals surface area (Å²) in [5, 5.41) is 32.4. The summed E-state index contributed by atoms with van der Waals surface area (Å²) in [6.45, 7) is 0.0872. The fourth-order valence-electron chi connectivity index (χ4n) is 1.98. The molecule has 0 radical (unpaired) electrons. The van der Waals surface area contributed by atoms with E-state index in [2.05, 4.69) is 5.32 Å². The Hall–Kier alpha value is -3.80. The van der Waals surface area contributed by atoms with E-state index >= 15 is 0 Å². The van der Waals surface area contributed by atoms with Crippen molar-refractivity contribution in [2.75, 3.05) is 7.11 Å². The number of nitro benzene ring substituents is 1. The summed E-state index contributed by atoms with van der Waals surface area (Å²) in [4.78, 5) is 22.2. The van der Waals surface area contributed by atoms with Gasteiger partial charge in [0.1, 0.15) is 17.4 Å². The molecule has 0 saturated heterocycles. The lowest BCUT2D eigenvalue weighted by molar-refractivity contribution is -0.386. The predicted molar refractivity (Wildman–Crippen MR) is 85.5 cm³/mol. The second-order valence-corrected chi connectivity index (χ2v) is 4.78. The van der Waals surface area contributed by atoms with Crippen LogP contribution in [0.3, 0.4) is 0 Å². The summed E-state index contributed by atoms with van der Waals surface area (Å²) in [6.07, 6.45) is 2.61. The van der Waals surface area contributed by atoms with Gasteiger partial charge in [0.05, 0.1) is 24.8 Å². The van der Waals surface area contributed by atoms with Gasteiger partial charge in [-0.3, -0.25) is 14.9 Å². The SMILES string of the molecule is COc1cc(/C=C(/C#N)C(=O)NCc2ccco2)cc([N+](=O)[O-])c1O. The number of carbonyl (C=O) groups excluding carboxylic acids is 1. The van der Waals surface area contributed by atoms with Crippen molar-refractivity contribution in [3.05, 3.63) is 57.5 Å². The van der Waals surface area contributed by atoms with E-state index in [0.717, 1.165) is 12.1 Å². The topological polar surface area (TPSA) is 139 Å². The van der Waals surface area contributed by atoms with Gasteiger partial charge >= 0.3 is 5.69 Å². The van der Waals surface area contributed by atoms with Crippen LogP contribution < -0.4 is 10.1 Å². The molecule has 0 aliphatic carbocycles. The van der Waals surface area contributed by atoms with Gasteiger partial charge in [0.15, 0.2) is 5.75 Å². The van der Waals surface area contributed by atoms with E-state index in [4.69, 9.17) is 14.4 Å². The maximum atomic E-state index is 12.1. The lowest BCUT2D eigenvalue weighted by Crippen LogP contribution is -2.23. The van der Waals surface area contributed by atoms with Crippen molar-refractivity contribution >= 4 is 17.7 Å². The molecule has 9 heteroatoms. The van der Waals surface area contributed by atoms with E-state index in [0.29, 0.717) is 5.76 Å². The van der Waals surface area contributed by atoms with Crippen LogP contribution in [0.25, 0.3) is 6.08 Å². The molecule has 2 aromatic rings. The molecule has 2 rings (SSSR count). The fourth-order valence-corrected chi connectivity index (χ4v) is 1.98. The highest BCUT2D eigenvalue weighted by molar-refractivity contribution is 6.01. The van der Waals surface area contributed by atoms with Crippen molar-refractivity contribution in [1.29, 1.82) is 5.26 Å². The summed E-state index contributed by atoms with van der Waals surface area (Å²) in [7, 11) is 1.23. The van der Waals surface area contributed by atoms with Gasteiger partial charge in [0.25, 0.3) is 5.91 Å². The minimum absolute atomic E-state index is 0.0872. The molecule has 1 heterocycles. The zero-order valence-electron chi connectivity index (χ0n) is 13.1. The van der Waals surface area contributed by atoms with Gasteiger partial charge in [0, 0.05) is 6.07 Å². The Morgan fingerprint density at radius 2 is 2.32 bits per heavy atom. The third-order valence-corrected chi connectivity index (χ3v) is 3.17. The van der Waals surface area contributed by atoms with Crippen molar-refractivity contribution in [2.24, 2.45) is 0 Å². The second-order valence-electron chi connectivity index (χ2n) is 4.78. The minimum Gasteiger partial charge on any atom is -0.500 e. The highest BCUT2D eigenvalue weighted by Gasteiger charge is 2.20. The van der Waals surface area contributed by atoms with Crippen molar-refractivity contribution in [1.82, 2.24) is 5.32 Å². The normalized spacial score (nSPS) is 10.8. The van der Waals surface area contributed by atoms with Gasteiger partial charge in [-0.15, -0.1) is 0 Å². The van der Waals surface area contributed by atoms with E-state index in [1.807, 2.05) is 0 Å². The fraction of sp³-hybridized carbons (Fsp3) is 0.125. The number of rotatable bonds is 6. The Kier molecular flexibility index (Phi) is 5.37. The molecule has 0 fully saturated rings. The number of hydrogen-bond donors (Lipinski definition) is 2. The van der Waals surface area contributed by atoms with Gasteiger partial charge in [-0.1, -0.05) is 0 Å². The Morgan fingerprint density at radius 1 is 1.56 bits per heavy atom. The number of hydrogen-bond acceptors (Lipinski definition) is 7. The smallest absolute Gasteiger partial charge is 0.315 e. The maximum Gasteiger partial charge on any atom is 0.315 e. The van der Waals surface area contributed by atoms with Crippen LogP contribution in [0.2, 0.25) is 0 Å². The minimum atomic E-state index is -0.793. The number of benzene rings is 1. The zero-order valence-corrected chi connectivity index (χ0v) is 13.1. The number of amides is 1. The number of furan rings is 1. The summed E-state index contributed by atoms with van der Waals surface area (Å²) < 4.78 is 9.93. The molecule has 2 N–H and O–H groups in total. The Bertz CT molecular complexity index is 865. The molecular weight excluding hydrogens is 330 g/mol. The second kappa shape index (κ2) is 7.65. The van der Waals surface area contributed by atoms with Crippen LogP contribution in [0.15, 0.2) is 40.5 Å². The summed E-state index contributed by atoms with van der Waals surface area (Å²) in [5.41, 5.74) is -0.710. The van der Waals surface area contributed by atoms with E-state index in [1.54, 1.807) is 18.2 Å². The van der Waals surface area contributed by atoms with Crippen LogP contribution in [-0.2, 0) is 11.3 Å². The standard InChI is InChI=1S/C16H13N3O6/c1-24-14-7-10(6-13(15(14)20)19(22)23)5-11(8-17)16(21)18-9-12-3-2-4-25-12/h2-7,20H,9H2,1H3,(H,18,21)/b11-5-. The molecule has 0 saturated carbocycles. The first-order valence-electron chi connectivity index (χ1n) is 6.94. The lowest BCUT2D eigenvalue weighted by Gasteiger charge is -2.06. The number of nitriles is 1. The number of carbonyl (C=O) groups is 1. The number of ether oxygens (including phenoxy) is 1. The van der Waals surface area contributed by atoms with Crippen LogP contribution in [0.1, 0.15) is 11.3 Å². The molecule has 25 heavy (non-hydrogen) atoms. The van der Waals surface area contributed by atoms with Crippen LogP contribution >= 0.6 is 0 Å². The number of nitrogens with one attached hydrogen (secondary N) is 1. The average Bonchev–Trinajstić information content (AvgIpc) is 3.11. The summed E-state index contributed by atoms with van der Waals surface area (Å²) >= 11 is 0. The van der Waals surface area contributed by atoms with Crippen LogP contribution in [0.4, 0.5) is 5.69 Å². The van der Waals surface area contributed by atoms with E-state index < -0.39 is 22.3 Å². The molecule has 1 aromatic heterocycles. The first kappa shape index (κ1) is 17.6. The lowest BCUT2D eigenvalue weighted by atomic mass is 10.1. The first-order valence-corrected chi connectivity index (χ1v) is 6.94. The van der Waals surface area contributed by atoms with E-state index in [1.165, 1.54) is 19.4 Å². The van der Waals surface area contributed by atoms with Crippen molar-refractivity contribution in [2.45, 2.75) is 6.54 Å². The molecule has 1 amide bonds. The quantitative estimate of drug-likeness (QED) is 0.354. The first-order chi connectivity index (χ1) is 12.0. The molecule has 0 aliphatic heterocycles. The zero-order chi connectivity index (χ0) is 18.4. The Labute approximate surface area is 141 Å². The summed E-state index contributed by atoms with van der Waals surface area (Å²) in [6, 6.07) is 7.35. The average molecular weight is 343 g/mol. The molecule has 1 aromatic carbocycles.